The summed E-state index contributed by atoms with van der Waals surface area (Å²) in [6, 6.07) is 3.62. The minimum absolute atomic E-state index is 0.127. The number of allylic oxidation sites excluding steroid dienone is 1. The van der Waals surface area contributed by atoms with Crippen molar-refractivity contribution in [1.82, 2.24) is 0 Å². The first-order valence-electron chi connectivity index (χ1n) is 8.62. The van der Waals surface area contributed by atoms with Crippen molar-refractivity contribution in [2.24, 2.45) is 17.3 Å². The van der Waals surface area contributed by atoms with Crippen LogP contribution in [-0.4, -0.2) is 23.9 Å². The van der Waals surface area contributed by atoms with Gasteiger partial charge < -0.3 is 14.9 Å². The molecule has 0 spiro atoms. The molecule has 1 aliphatic rings. The number of aliphatic hydroxyl groups excluding tert-OH is 1. The van der Waals surface area contributed by atoms with Crippen molar-refractivity contribution in [3.8, 4) is 11.5 Å². The first kappa shape index (κ1) is 19.3. The summed E-state index contributed by atoms with van der Waals surface area (Å²) < 4.78 is 6.13. The summed E-state index contributed by atoms with van der Waals surface area (Å²) in [6.45, 7) is 9.20. The molecule has 3 nitrogen and oxygen atoms in total. The fraction of sp³-hybridized carbons (Fsp3) is 0.600. The maximum absolute atomic E-state index is 10.3. The van der Waals surface area contributed by atoms with E-state index in [-0.39, 0.29) is 12.0 Å². The van der Waals surface area contributed by atoms with E-state index in [4.69, 9.17) is 9.84 Å². The molecule has 0 saturated heterocycles. The van der Waals surface area contributed by atoms with Gasteiger partial charge in [-0.2, -0.15) is 0 Å². The third kappa shape index (κ3) is 4.34. The molecule has 4 heteroatoms. The van der Waals surface area contributed by atoms with Crippen molar-refractivity contribution >= 4 is 15.9 Å². The van der Waals surface area contributed by atoms with E-state index < -0.39 is 0 Å². The summed E-state index contributed by atoms with van der Waals surface area (Å²) in [4.78, 5) is 0. The zero-order valence-corrected chi connectivity index (χ0v) is 16.5. The van der Waals surface area contributed by atoms with Gasteiger partial charge in [0.05, 0.1) is 11.6 Å². The van der Waals surface area contributed by atoms with Crippen molar-refractivity contribution < 1.29 is 14.9 Å². The number of aromatic hydroxyl groups is 1. The molecular formula is C20H29BrO3. The Morgan fingerprint density at radius 3 is 2.67 bits per heavy atom. The fourth-order valence-electron chi connectivity index (χ4n) is 4.15. The molecule has 1 aromatic rings. The smallest absolute Gasteiger partial charge is 0.133 e. The highest BCUT2D eigenvalue weighted by molar-refractivity contribution is 9.10. The normalized spacial score (nSPS) is 23.3. The second-order valence-electron chi connectivity index (χ2n) is 7.66. The molecule has 2 N–H and O–H groups in total. The lowest BCUT2D eigenvalue weighted by Gasteiger charge is -2.44. The van der Waals surface area contributed by atoms with E-state index in [1.54, 1.807) is 13.2 Å². The molecule has 0 aromatic heterocycles. The Morgan fingerprint density at radius 1 is 1.38 bits per heavy atom. The van der Waals surface area contributed by atoms with E-state index in [0.717, 1.165) is 47.9 Å². The molecule has 0 radical (unpaired) electrons. The number of phenols is 1. The average molecular weight is 397 g/mol. The predicted octanol–water partition coefficient (Wildman–Crippen LogP) is 5.09. The van der Waals surface area contributed by atoms with Crippen LogP contribution in [-0.2, 0) is 6.42 Å². The number of benzene rings is 1. The highest BCUT2D eigenvalue weighted by Gasteiger charge is 2.39. The number of hydrogen-bond acceptors (Lipinski definition) is 3. The van der Waals surface area contributed by atoms with Crippen LogP contribution in [0.25, 0.3) is 0 Å². The van der Waals surface area contributed by atoms with E-state index >= 15 is 0 Å². The Balaban J connectivity index is 2.19. The molecule has 0 amide bonds. The summed E-state index contributed by atoms with van der Waals surface area (Å²) in [6.07, 6.45) is 4.84. The van der Waals surface area contributed by atoms with Gasteiger partial charge in [-0.1, -0.05) is 26.0 Å². The van der Waals surface area contributed by atoms with Crippen LogP contribution in [0.15, 0.2) is 28.8 Å². The van der Waals surface area contributed by atoms with Crippen molar-refractivity contribution in [3.63, 3.8) is 0 Å². The number of phenolic OH excluding ortho intramolecular Hbond substituents is 1. The van der Waals surface area contributed by atoms with Crippen LogP contribution in [0.1, 0.15) is 45.1 Å². The van der Waals surface area contributed by atoms with Crippen LogP contribution in [0.5, 0.6) is 11.5 Å². The summed E-state index contributed by atoms with van der Waals surface area (Å²) in [5.74, 6) is 1.97. The first-order valence-corrected chi connectivity index (χ1v) is 9.41. The number of halogens is 1. The summed E-state index contributed by atoms with van der Waals surface area (Å²) >= 11 is 3.41. The van der Waals surface area contributed by atoms with Crippen LogP contribution in [0.2, 0.25) is 0 Å². The molecule has 134 valence electrons. The van der Waals surface area contributed by atoms with Gasteiger partial charge >= 0.3 is 0 Å². The topological polar surface area (TPSA) is 49.7 Å². The molecule has 0 heterocycles. The molecule has 0 unspecified atom stereocenters. The van der Waals surface area contributed by atoms with Crippen LogP contribution in [0, 0.1) is 17.3 Å². The number of ether oxygens (including phenoxy) is 1. The Labute approximate surface area is 153 Å². The number of hydrogen-bond donors (Lipinski definition) is 2. The minimum atomic E-state index is 0.127. The van der Waals surface area contributed by atoms with Crippen LogP contribution >= 0.6 is 15.9 Å². The van der Waals surface area contributed by atoms with Crippen molar-refractivity contribution in [1.29, 1.82) is 0 Å². The van der Waals surface area contributed by atoms with E-state index in [2.05, 4.69) is 36.4 Å². The van der Waals surface area contributed by atoms with Gasteiger partial charge in [0, 0.05) is 6.61 Å². The summed E-state index contributed by atoms with van der Waals surface area (Å²) in [5.41, 5.74) is 2.29. The van der Waals surface area contributed by atoms with Gasteiger partial charge in [0.2, 0.25) is 0 Å². The van der Waals surface area contributed by atoms with Crippen LogP contribution < -0.4 is 4.74 Å². The predicted molar refractivity (Wildman–Crippen MR) is 102 cm³/mol. The van der Waals surface area contributed by atoms with Crippen molar-refractivity contribution in [3.05, 3.63) is 34.3 Å². The quantitative estimate of drug-likeness (QED) is 0.658. The SMILES string of the molecule is C=C1C[C@H](CCCO)CC(C)(C)[C@@H]1Cc1cc(OC)c(Br)cc1O. The second kappa shape index (κ2) is 7.92. The first-order chi connectivity index (χ1) is 11.3. The van der Waals surface area contributed by atoms with Gasteiger partial charge in [0.25, 0.3) is 0 Å². The number of rotatable bonds is 6. The second-order valence-corrected chi connectivity index (χ2v) is 8.51. The maximum Gasteiger partial charge on any atom is 0.133 e. The van der Waals surface area contributed by atoms with E-state index in [0.29, 0.717) is 17.6 Å². The van der Waals surface area contributed by atoms with Gasteiger partial charge in [-0.3, -0.25) is 0 Å². The van der Waals surface area contributed by atoms with E-state index in [9.17, 15) is 5.11 Å². The van der Waals surface area contributed by atoms with Gasteiger partial charge in [-0.05, 0) is 83.0 Å². The Morgan fingerprint density at radius 2 is 2.08 bits per heavy atom. The van der Waals surface area contributed by atoms with Gasteiger partial charge in [-0.15, -0.1) is 0 Å². The Hall–Kier alpha value is -1.00. The van der Waals surface area contributed by atoms with Crippen molar-refractivity contribution in [2.75, 3.05) is 13.7 Å². The molecule has 1 aliphatic carbocycles. The zero-order valence-electron chi connectivity index (χ0n) is 14.9. The molecule has 1 fully saturated rings. The molecule has 1 aromatic carbocycles. The average Bonchev–Trinajstić information content (AvgIpc) is 2.50. The molecule has 1 saturated carbocycles. The molecule has 2 atom stereocenters. The van der Waals surface area contributed by atoms with E-state index in [1.807, 2.05) is 6.07 Å². The molecule has 0 aliphatic heterocycles. The highest BCUT2D eigenvalue weighted by Crippen LogP contribution is 2.49. The lowest BCUT2D eigenvalue weighted by atomic mass is 9.61. The molecule has 24 heavy (non-hydrogen) atoms. The summed E-state index contributed by atoms with van der Waals surface area (Å²) in [5, 5.41) is 19.4. The monoisotopic (exact) mass is 396 g/mol. The van der Waals surface area contributed by atoms with Gasteiger partial charge in [0.1, 0.15) is 11.5 Å². The maximum atomic E-state index is 10.3. The molecule has 2 rings (SSSR count). The van der Waals surface area contributed by atoms with E-state index in [1.165, 1.54) is 5.57 Å². The van der Waals surface area contributed by atoms with Crippen LogP contribution in [0.4, 0.5) is 0 Å². The minimum Gasteiger partial charge on any atom is -0.508 e. The highest BCUT2D eigenvalue weighted by atomic mass is 79.9. The van der Waals surface area contributed by atoms with Gasteiger partial charge in [0.15, 0.2) is 0 Å². The molecule has 0 bridgehead atoms. The lowest BCUT2D eigenvalue weighted by Crippen LogP contribution is -2.35. The largest absolute Gasteiger partial charge is 0.508 e. The van der Waals surface area contributed by atoms with Crippen LogP contribution in [0.3, 0.4) is 0 Å². The summed E-state index contributed by atoms with van der Waals surface area (Å²) in [7, 11) is 1.64. The third-order valence-electron chi connectivity index (χ3n) is 5.35. The third-order valence-corrected chi connectivity index (χ3v) is 5.97. The standard InChI is InChI=1S/C20H29BrO3/c1-13-8-14(6-5-7-22)12-20(2,3)16(13)9-15-10-19(24-4)17(21)11-18(15)23/h10-11,14,16,22-23H,1,5-9,12H2,2-4H3/t14-,16+/m0/s1. The van der Waals surface area contributed by atoms with Crippen molar-refractivity contribution in [2.45, 2.75) is 46.0 Å². The molecular weight excluding hydrogens is 368 g/mol. The Kier molecular flexibility index (Phi) is 6.38. The Bertz CT molecular complexity index is 595. The van der Waals surface area contributed by atoms with Gasteiger partial charge in [-0.25, -0.2) is 0 Å². The number of methoxy groups -OCH3 is 1. The fourth-order valence-corrected chi connectivity index (χ4v) is 4.65. The lowest BCUT2D eigenvalue weighted by molar-refractivity contribution is 0.132. The number of aliphatic hydroxyl groups is 1. The zero-order chi connectivity index (χ0) is 17.9.